The van der Waals surface area contributed by atoms with Crippen molar-refractivity contribution in [2.24, 2.45) is 0 Å². The highest BCUT2D eigenvalue weighted by atomic mass is 19.4. The van der Waals surface area contributed by atoms with Crippen molar-refractivity contribution in [1.82, 2.24) is 15.0 Å². The lowest BCUT2D eigenvalue weighted by Gasteiger charge is -2.14. The summed E-state index contributed by atoms with van der Waals surface area (Å²) in [5.41, 5.74) is -0.366. The maximum atomic E-state index is 13.3. The molecule has 3 aromatic rings. The second-order valence-corrected chi connectivity index (χ2v) is 5.92. The van der Waals surface area contributed by atoms with Gasteiger partial charge in [-0.2, -0.15) is 13.2 Å². The van der Waals surface area contributed by atoms with Gasteiger partial charge in [-0.1, -0.05) is 0 Å². The number of hydrogen-bond donors (Lipinski definition) is 1. The number of rotatable bonds is 5. The van der Waals surface area contributed by atoms with Crippen molar-refractivity contribution in [3.8, 4) is 17.1 Å². The van der Waals surface area contributed by atoms with Gasteiger partial charge >= 0.3 is 11.9 Å². The number of aromatic nitrogens is 3. The Labute approximate surface area is 162 Å². The predicted molar refractivity (Wildman–Crippen MR) is 97.9 cm³/mol. The summed E-state index contributed by atoms with van der Waals surface area (Å²) < 4.78 is 44.9. The van der Waals surface area contributed by atoms with Crippen LogP contribution in [-0.2, 0) is 6.18 Å². The van der Waals surface area contributed by atoms with Gasteiger partial charge < -0.3 is 10.1 Å². The molecular formula is C18H14F3N5O3. The normalized spacial score (nSPS) is 11.2. The topological polar surface area (TPSA) is 103 Å². The average Bonchev–Trinajstić information content (AvgIpc) is 2.69. The van der Waals surface area contributed by atoms with Crippen LogP contribution in [0.25, 0.3) is 11.4 Å². The molecule has 0 fully saturated rings. The number of benzene rings is 1. The van der Waals surface area contributed by atoms with Gasteiger partial charge in [0.1, 0.15) is 5.82 Å². The van der Waals surface area contributed by atoms with E-state index >= 15 is 0 Å². The van der Waals surface area contributed by atoms with Crippen molar-refractivity contribution in [3.63, 3.8) is 0 Å². The standard InChI is InChI=1S/C18H14F3N5O3/c1-10-6-13(26(27)28)14(29-2)7-12(10)23-16-8-15(18(19,20)21)24-17(25-16)11-4-3-5-22-9-11/h3-9H,1-2H3,(H,23,24,25). The Kier molecular flexibility index (Phi) is 5.31. The monoisotopic (exact) mass is 405 g/mol. The molecule has 1 N–H and O–H groups in total. The van der Waals surface area contributed by atoms with Gasteiger partial charge in [-0.05, 0) is 24.6 Å². The van der Waals surface area contributed by atoms with Gasteiger partial charge in [0.25, 0.3) is 0 Å². The van der Waals surface area contributed by atoms with E-state index < -0.39 is 16.8 Å². The molecule has 0 bridgehead atoms. The first-order valence-electron chi connectivity index (χ1n) is 8.15. The number of hydrogen-bond acceptors (Lipinski definition) is 7. The number of aryl methyl sites for hydroxylation is 1. The van der Waals surface area contributed by atoms with Crippen LogP contribution in [0.2, 0.25) is 0 Å². The molecule has 8 nitrogen and oxygen atoms in total. The van der Waals surface area contributed by atoms with E-state index in [2.05, 4.69) is 20.3 Å². The number of nitro benzene ring substituents is 1. The van der Waals surface area contributed by atoms with E-state index in [1.54, 1.807) is 13.0 Å². The first-order valence-corrected chi connectivity index (χ1v) is 8.15. The zero-order chi connectivity index (χ0) is 21.2. The van der Waals surface area contributed by atoms with Crippen LogP contribution in [0.15, 0.2) is 42.7 Å². The van der Waals surface area contributed by atoms with Crippen LogP contribution in [0, 0.1) is 17.0 Å². The highest BCUT2D eigenvalue weighted by Crippen LogP contribution is 2.35. The van der Waals surface area contributed by atoms with Crippen molar-refractivity contribution < 1.29 is 22.8 Å². The minimum Gasteiger partial charge on any atom is -0.490 e. The van der Waals surface area contributed by atoms with Crippen LogP contribution >= 0.6 is 0 Å². The highest BCUT2D eigenvalue weighted by molar-refractivity contribution is 5.68. The summed E-state index contributed by atoms with van der Waals surface area (Å²) in [6, 6.07) is 6.43. The molecule has 150 valence electrons. The lowest BCUT2D eigenvalue weighted by atomic mass is 10.1. The molecule has 0 saturated heterocycles. The number of methoxy groups -OCH3 is 1. The summed E-state index contributed by atoms with van der Waals surface area (Å²) in [4.78, 5) is 22.1. The van der Waals surface area contributed by atoms with Crippen molar-refractivity contribution >= 4 is 17.2 Å². The summed E-state index contributed by atoms with van der Waals surface area (Å²) >= 11 is 0. The van der Waals surface area contributed by atoms with Gasteiger partial charge in [0.15, 0.2) is 17.3 Å². The van der Waals surface area contributed by atoms with Gasteiger partial charge in [0.05, 0.1) is 12.0 Å². The van der Waals surface area contributed by atoms with E-state index in [1.807, 2.05) is 0 Å². The van der Waals surface area contributed by atoms with E-state index in [4.69, 9.17) is 4.74 Å². The summed E-state index contributed by atoms with van der Waals surface area (Å²) in [5.74, 6) is -0.340. The van der Waals surface area contributed by atoms with Gasteiger partial charge in [-0.15, -0.1) is 0 Å². The molecule has 0 atom stereocenters. The first-order chi connectivity index (χ1) is 13.7. The molecule has 0 aliphatic carbocycles. The third-order valence-corrected chi connectivity index (χ3v) is 3.92. The van der Waals surface area contributed by atoms with Crippen LogP contribution in [0.4, 0.5) is 30.4 Å². The van der Waals surface area contributed by atoms with Crippen molar-refractivity contribution in [3.05, 3.63) is 64.1 Å². The Morgan fingerprint density at radius 3 is 2.55 bits per heavy atom. The Balaban J connectivity index is 2.08. The van der Waals surface area contributed by atoms with E-state index in [-0.39, 0.29) is 23.1 Å². The van der Waals surface area contributed by atoms with Crippen LogP contribution in [0.3, 0.4) is 0 Å². The number of alkyl halides is 3. The highest BCUT2D eigenvalue weighted by Gasteiger charge is 2.34. The zero-order valence-corrected chi connectivity index (χ0v) is 15.2. The number of ether oxygens (including phenoxy) is 1. The molecule has 2 aromatic heterocycles. The lowest BCUT2D eigenvalue weighted by molar-refractivity contribution is -0.385. The number of pyridine rings is 1. The summed E-state index contributed by atoms with van der Waals surface area (Å²) in [7, 11) is 1.26. The lowest BCUT2D eigenvalue weighted by Crippen LogP contribution is -2.11. The molecule has 3 rings (SSSR count). The van der Waals surface area contributed by atoms with Crippen LogP contribution < -0.4 is 10.1 Å². The molecule has 2 heterocycles. The van der Waals surface area contributed by atoms with Crippen LogP contribution in [-0.4, -0.2) is 27.0 Å². The summed E-state index contributed by atoms with van der Waals surface area (Å²) in [5, 5.41) is 13.9. The minimum absolute atomic E-state index is 0.0410. The van der Waals surface area contributed by atoms with Gasteiger partial charge in [0, 0.05) is 41.8 Å². The molecule has 0 unspecified atom stereocenters. The molecule has 1 aromatic carbocycles. The number of anilines is 2. The molecule has 0 saturated carbocycles. The Hall–Kier alpha value is -3.76. The molecule has 0 aliphatic rings. The first kappa shape index (κ1) is 20.0. The fourth-order valence-corrected chi connectivity index (χ4v) is 2.53. The number of nitro groups is 1. The SMILES string of the molecule is COc1cc(Nc2cc(C(F)(F)F)nc(-c3cccnc3)n2)c(C)cc1[N+](=O)[O-]. The van der Waals surface area contributed by atoms with Crippen molar-refractivity contribution in [2.45, 2.75) is 13.1 Å². The zero-order valence-electron chi connectivity index (χ0n) is 15.2. The van der Waals surface area contributed by atoms with E-state index in [9.17, 15) is 23.3 Å². The van der Waals surface area contributed by atoms with Gasteiger partial charge in [-0.3, -0.25) is 15.1 Å². The third-order valence-electron chi connectivity index (χ3n) is 3.92. The Morgan fingerprint density at radius 2 is 1.97 bits per heavy atom. The fraction of sp³-hybridized carbons (Fsp3) is 0.167. The predicted octanol–water partition coefficient (Wildman–Crippen LogP) is 4.53. The second kappa shape index (κ2) is 7.70. The summed E-state index contributed by atoms with van der Waals surface area (Å²) in [6.45, 7) is 1.57. The maximum absolute atomic E-state index is 13.3. The molecule has 0 radical (unpaired) electrons. The Bertz CT molecular complexity index is 1060. The average molecular weight is 405 g/mol. The number of nitrogens with one attached hydrogen (secondary N) is 1. The van der Waals surface area contributed by atoms with Crippen LogP contribution in [0.1, 0.15) is 11.3 Å². The molecule has 11 heteroatoms. The van der Waals surface area contributed by atoms with Crippen LogP contribution in [0.5, 0.6) is 5.75 Å². The number of halogens is 3. The maximum Gasteiger partial charge on any atom is 0.433 e. The summed E-state index contributed by atoms with van der Waals surface area (Å²) in [6.07, 6.45) is -1.87. The van der Waals surface area contributed by atoms with Crippen molar-refractivity contribution in [2.75, 3.05) is 12.4 Å². The van der Waals surface area contributed by atoms with E-state index in [0.29, 0.717) is 16.8 Å². The second-order valence-electron chi connectivity index (χ2n) is 5.92. The number of nitrogens with zero attached hydrogens (tertiary/aromatic N) is 4. The third kappa shape index (κ3) is 4.39. The molecular weight excluding hydrogens is 391 g/mol. The quantitative estimate of drug-likeness (QED) is 0.491. The smallest absolute Gasteiger partial charge is 0.433 e. The fourth-order valence-electron chi connectivity index (χ4n) is 2.53. The van der Waals surface area contributed by atoms with Gasteiger partial charge in [-0.25, -0.2) is 9.97 Å². The molecule has 29 heavy (non-hydrogen) atoms. The molecule has 0 aliphatic heterocycles. The Morgan fingerprint density at radius 1 is 1.21 bits per heavy atom. The van der Waals surface area contributed by atoms with Crippen molar-refractivity contribution in [1.29, 1.82) is 0 Å². The van der Waals surface area contributed by atoms with E-state index in [1.165, 1.54) is 37.7 Å². The minimum atomic E-state index is -4.70. The van der Waals surface area contributed by atoms with Gasteiger partial charge in [0.2, 0.25) is 0 Å². The van der Waals surface area contributed by atoms with E-state index in [0.717, 1.165) is 6.07 Å². The largest absolute Gasteiger partial charge is 0.490 e. The molecule has 0 spiro atoms. The molecule has 0 amide bonds.